The van der Waals surface area contributed by atoms with Crippen LogP contribution < -0.4 is 76.0 Å². The highest BCUT2D eigenvalue weighted by Crippen LogP contribution is 2.64. The van der Waals surface area contributed by atoms with Gasteiger partial charge in [-0.1, -0.05) is 66.2 Å². The van der Waals surface area contributed by atoms with Crippen LogP contribution in [0.3, 0.4) is 0 Å². The molecule has 0 bridgehead atoms. The van der Waals surface area contributed by atoms with Crippen LogP contribution in [0, 0.1) is 0 Å². The van der Waals surface area contributed by atoms with Crippen LogP contribution in [0.5, 0.6) is 86.2 Å². The molecule has 0 aromatic heterocycles. The molecule has 9 aliphatic rings. The van der Waals surface area contributed by atoms with Crippen molar-refractivity contribution in [2.24, 2.45) is 0 Å². The largest absolute Gasteiger partial charge is 0.493 e. The van der Waals surface area contributed by atoms with Crippen molar-refractivity contribution in [2.45, 2.75) is 61.9 Å². The number of carbonyl (C=O) groups is 3. The fourth-order valence-electron chi connectivity index (χ4n) is 17.8. The minimum absolute atomic E-state index is 0.0685. The van der Waals surface area contributed by atoms with Crippen LogP contribution in [-0.2, 0) is 39.6 Å². The number of likely N-dealkylation sites (N-methyl/N-ethyl adjacent to an activating group) is 3. The predicted octanol–water partition coefficient (Wildman–Crippen LogP) is 15.4. The lowest BCUT2D eigenvalue weighted by Gasteiger charge is -2.39. The number of rotatable bonds is 16. The summed E-state index contributed by atoms with van der Waals surface area (Å²) in [4.78, 5) is 48.1. The van der Waals surface area contributed by atoms with E-state index in [2.05, 4.69) is 43.9 Å². The van der Waals surface area contributed by atoms with Crippen molar-refractivity contribution in [1.29, 1.82) is 0 Å². The van der Waals surface area contributed by atoms with Gasteiger partial charge in [0.25, 0.3) is 0 Å². The van der Waals surface area contributed by atoms with Gasteiger partial charge in [-0.15, -0.1) is 0 Å². The van der Waals surface area contributed by atoms with Gasteiger partial charge < -0.3 is 90.2 Å². The maximum absolute atomic E-state index is 13.3. The molecule has 0 aliphatic carbocycles. The number of cyclic esters (lactones) is 3. The first-order chi connectivity index (χ1) is 56.1. The molecule has 0 radical (unpaired) electrons. The number of halogens is 4. The van der Waals surface area contributed by atoms with Crippen LogP contribution in [0.1, 0.15) is 123 Å². The number of alkyl halides is 3. The standard InChI is InChI=1S/C30H32N2O7.C29H26F3NO7.C28H26ClNO7/c1-31(2)17-9-7-16(8-10-17)21-18-13-14-32(3)24(22(18)27(36-6)29-28(21)37-15-38-29)25-19-11-12-20(34-4)26(35-5)23(19)30(33)39-25;1-33-12-11-16-19(14-5-7-15(8-6-14)29(30,31)32)26-27(39-13-38-26)25(37-4)20(16)22(33)23-17-9-10-18(35-2)24(36-3)21(17)28(34)40-23;1-30-12-11-16-19(14-5-7-15(29)8-6-14)26-27(36-13-35-26)25(34-4)20(16)22(30)23-17-9-10-18(32-2)24(33-3)21(17)28(31)37-23/h7-12,24-25H,13-15H2,1-6H3;5-10,22-23H,11-13H2,1-4H3;5-10,22-23H,11-13H2,1-4H3/t24-,25+;2*22-,23+/m111/s1. The molecule has 0 saturated heterocycles. The molecule has 29 heteroatoms. The summed E-state index contributed by atoms with van der Waals surface area (Å²) in [7, 11) is 23.9. The molecule has 25 nitrogen and oxygen atoms in total. The van der Waals surface area contributed by atoms with Crippen molar-refractivity contribution >= 4 is 35.2 Å². The molecule has 0 N–H and O–H groups in total. The maximum Gasteiger partial charge on any atom is 0.416 e. The lowest BCUT2D eigenvalue weighted by molar-refractivity contribution is -0.137. The molecule has 0 amide bonds. The monoisotopic (exact) mass is 1610 g/mol. The van der Waals surface area contributed by atoms with Gasteiger partial charge in [-0.05, 0) is 128 Å². The fraction of sp³-hybridized carbons (Fsp3) is 0.345. The molecule has 0 fully saturated rings. The zero-order valence-electron chi connectivity index (χ0n) is 66.1. The smallest absolute Gasteiger partial charge is 0.416 e. The van der Waals surface area contributed by atoms with Crippen LogP contribution in [0.15, 0.2) is 109 Å². The quantitative estimate of drug-likeness (QED) is 0.0646. The van der Waals surface area contributed by atoms with E-state index >= 15 is 0 Å². The first-order valence-electron chi connectivity index (χ1n) is 37.3. The number of ether oxygens (including phenoxy) is 18. The molecule has 9 aliphatic heterocycles. The Kier molecular flexibility index (Phi) is 20.9. The minimum Gasteiger partial charge on any atom is -0.493 e. The van der Waals surface area contributed by atoms with Gasteiger partial charge >= 0.3 is 24.1 Å². The Bertz CT molecular complexity index is 5410. The zero-order chi connectivity index (χ0) is 81.6. The Morgan fingerprint density at radius 2 is 0.655 bits per heavy atom. The van der Waals surface area contributed by atoms with E-state index in [-0.39, 0.29) is 43.8 Å². The Balaban J connectivity index is 0.000000131. The average molecular weight is 1610 g/mol. The molecular formula is C87H84ClF3N4O21. The highest BCUT2D eigenvalue weighted by Gasteiger charge is 2.52. The van der Waals surface area contributed by atoms with Crippen molar-refractivity contribution in [1.82, 2.24) is 14.7 Å². The molecule has 18 rings (SSSR count). The van der Waals surface area contributed by atoms with Gasteiger partial charge in [0.2, 0.25) is 37.6 Å². The van der Waals surface area contributed by atoms with Crippen LogP contribution in [0.25, 0.3) is 33.4 Å². The van der Waals surface area contributed by atoms with Crippen molar-refractivity contribution < 1.29 is 113 Å². The SMILES string of the molecule is COc1ccc2c(c1OC)C(=O)O[C@@H]2[C@H]1c2c(c(-c3ccc(C(F)(F)F)cc3)c3c(c2OC)OCO3)CCN1C.COc1ccc2c(c1OC)C(=O)O[C@@H]2[C@H]1c2c(c(-c3ccc(Cl)cc3)c3c(c2OC)OCO3)CCN1C.COc1ccc2c(c1OC)C(=O)O[C@@H]2[C@H]1c2c(c(-c3ccc(N(C)C)cc3)c3c(c2OC)OCO3)CCN1C. The molecule has 9 heterocycles. The summed E-state index contributed by atoms with van der Waals surface area (Å²) >= 11 is 6.19. The Labute approximate surface area is 671 Å². The lowest BCUT2D eigenvalue weighted by atomic mass is 9.81. The third-order valence-electron chi connectivity index (χ3n) is 23.0. The molecule has 0 spiro atoms. The first kappa shape index (κ1) is 78.1. The highest BCUT2D eigenvalue weighted by atomic mass is 35.5. The van der Waals surface area contributed by atoms with E-state index in [1.807, 2.05) is 77.7 Å². The molecule has 6 atom stereocenters. The zero-order valence-corrected chi connectivity index (χ0v) is 66.9. The third kappa shape index (κ3) is 12.8. The summed E-state index contributed by atoms with van der Waals surface area (Å²) in [5.74, 6) is 5.79. The summed E-state index contributed by atoms with van der Waals surface area (Å²) in [6.45, 7) is 2.19. The van der Waals surface area contributed by atoms with Gasteiger partial charge in [-0.25, -0.2) is 14.4 Å². The number of nitrogens with zero attached hydrogens (tertiary/aromatic N) is 4. The maximum atomic E-state index is 13.3. The number of esters is 3. The van der Waals surface area contributed by atoms with Gasteiger partial charge in [0, 0.05) is 94.5 Å². The van der Waals surface area contributed by atoms with Crippen LogP contribution >= 0.6 is 11.6 Å². The number of benzene rings is 9. The van der Waals surface area contributed by atoms with Gasteiger partial charge in [-0.3, -0.25) is 14.7 Å². The summed E-state index contributed by atoms with van der Waals surface area (Å²) in [5.41, 5.74) is 14.2. The highest BCUT2D eigenvalue weighted by molar-refractivity contribution is 6.30. The molecule has 9 aromatic rings. The van der Waals surface area contributed by atoms with Gasteiger partial charge in [0.05, 0.1) is 87.7 Å². The van der Waals surface area contributed by atoms with Gasteiger partial charge in [0.1, 0.15) is 35.0 Å². The topological polar surface area (TPSA) is 230 Å². The van der Waals surface area contributed by atoms with E-state index in [1.165, 1.54) is 47.7 Å². The van der Waals surface area contributed by atoms with E-state index < -0.39 is 54.0 Å². The molecular weight excluding hydrogens is 1530 g/mol. The van der Waals surface area contributed by atoms with E-state index in [0.717, 1.165) is 111 Å². The first-order valence-corrected chi connectivity index (χ1v) is 37.7. The summed E-state index contributed by atoms with van der Waals surface area (Å²) in [6.07, 6.45) is -4.33. The van der Waals surface area contributed by atoms with Crippen LogP contribution in [-0.4, -0.2) is 172 Å². The fourth-order valence-corrected chi connectivity index (χ4v) is 17.9. The van der Waals surface area contributed by atoms with E-state index in [9.17, 15) is 27.6 Å². The number of anilines is 1. The van der Waals surface area contributed by atoms with E-state index in [4.69, 9.17) is 96.9 Å². The number of hydrogen-bond acceptors (Lipinski definition) is 25. The van der Waals surface area contributed by atoms with Crippen molar-refractivity contribution in [3.8, 4) is 120 Å². The number of methoxy groups -OCH3 is 9. The third-order valence-corrected chi connectivity index (χ3v) is 23.2. The van der Waals surface area contributed by atoms with Crippen LogP contribution in [0.4, 0.5) is 18.9 Å². The minimum atomic E-state index is -4.46. The summed E-state index contributed by atoms with van der Waals surface area (Å²) in [6, 6.07) is 30.7. The second-order valence-corrected chi connectivity index (χ2v) is 29.4. The summed E-state index contributed by atoms with van der Waals surface area (Å²) < 4.78 is 144. The second kappa shape index (κ2) is 31.1. The Hall–Kier alpha value is -11.9. The Morgan fingerprint density at radius 3 is 0.931 bits per heavy atom. The van der Waals surface area contributed by atoms with Crippen LogP contribution in [0.2, 0.25) is 5.02 Å². The molecule has 606 valence electrons. The van der Waals surface area contributed by atoms with E-state index in [1.54, 1.807) is 46.6 Å². The average Bonchev–Trinajstić information content (AvgIpc) is 1.46. The van der Waals surface area contributed by atoms with E-state index in [0.29, 0.717) is 126 Å². The summed E-state index contributed by atoms with van der Waals surface area (Å²) in [5, 5.41) is 0.649. The predicted molar refractivity (Wildman–Crippen MR) is 418 cm³/mol. The number of hydrogen-bond donors (Lipinski definition) is 0. The normalized spacial score (nSPS) is 19.6. The van der Waals surface area contributed by atoms with Crippen molar-refractivity contribution in [2.75, 3.05) is 144 Å². The van der Waals surface area contributed by atoms with Crippen molar-refractivity contribution in [3.63, 3.8) is 0 Å². The molecule has 0 saturated carbocycles. The van der Waals surface area contributed by atoms with Gasteiger partial charge in [0.15, 0.2) is 69.0 Å². The van der Waals surface area contributed by atoms with Crippen molar-refractivity contribution in [3.05, 3.63) is 187 Å². The number of carbonyl (C=O) groups excluding carboxylic acids is 3. The van der Waals surface area contributed by atoms with Gasteiger partial charge in [-0.2, -0.15) is 13.2 Å². The molecule has 116 heavy (non-hydrogen) atoms. The lowest BCUT2D eigenvalue weighted by Crippen LogP contribution is -2.36. The molecule has 9 aromatic carbocycles. The number of fused-ring (bicyclic) bond motifs is 9. The second-order valence-electron chi connectivity index (χ2n) is 28.9. The Morgan fingerprint density at radius 1 is 0.371 bits per heavy atom. The molecule has 0 unspecified atom stereocenters.